The van der Waals surface area contributed by atoms with Crippen molar-refractivity contribution in [3.63, 3.8) is 0 Å². The lowest BCUT2D eigenvalue weighted by atomic mass is 9.95. The molecule has 3 heteroatoms. The van der Waals surface area contributed by atoms with Crippen LogP contribution in [0.2, 0.25) is 0 Å². The zero-order chi connectivity index (χ0) is 14.5. The Hall–Kier alpha value is -1.32. The van der Waals surface area contributed by atoms with Crippen LogP contribution in [0.15, 0.2) is 29.6 Å². The van der Waals surface area contributed by atoms with Crippen LogP contribution in [0.25, 0.3) is 0 Å². The second-order valence-corrected chi connectivity index (χ2v) is 6.29. The summed E-state index contributed by atoms with van der Waals surface area (Å²) in [7, 11) is 1.71. The van der Waals surface area contributed by atoms with Gasteiger partial charge in [0.2, 0.25) is 0 Å². The Labute approximate surface area is 125 Å². The van der Waals surface area contributed by atoms with Gasteiger partial charge >= 0.3 is 0 Å². The molecule has 0 bridgehead atoms. The van der Waals surface area contributed by atoms with Crippen LogP contribution in [0.3, 0.4) is 0 Å². The average molecular weight is 289 g/mol. The van der Waals surface area contributed by atoms with E-state index in [9.17, 15) is 0 Å². The van der Waals surface area contributed by atoms with Crippen molar-refractivity contribution in [2.75, 3.05) is 7.11 Å². The van der Waals surface area contributed by atoms with E-state index in [1.165, 1.54) is 16.0 Å². The van der Waals surface area contributed by atoms with E-state index in [1.807, 2.05) is 11.3 Å². The van der Waals surface area contributed by atoms with Gasteiger partial charge in [0.05, 0.1) is 7.11 Å². The van der Waals surface area contributed by atoms with Gasteiger partial charge in [-0.1, -0.05) is 12.1 Å². The highest BCUT2D eigenvalue weighted by Gasteiger charge is 2.12. The smallest absolute Gasteiger partial charge is 0.122 e. The topological polar surface area (TPSA) is 35.2 Å². The molecule has 2 rings (SSSR count). The summed E-state index contributed by atoms with van der Waals surface area (Å²) in [5, 5.41) is 2.13. The first-order chi connectivity index (χ1) is 9.61. The van der Waals surface area contributed by atoms with Crippen LogP contribution in [0.5, 0.6) is 5.75 Å². The number of benzene rings is 1. The average Bonchev–Trinajstić information content (AvgIpc) is 2.94. The largest absolute Gasteiger partial charge is 0.496 e. The number of ether oxygens (including phenoxy) is 1. The molecule has 1 unspecified atom stereocenters. The summed E-state index contributed by atoms with van der Waals surface area (Å²) in [6, 6.07) is 8.67. The molecule has 0 saturated carbocycles. The van der Waals surface area contributed by atoms with Gasteiger partial charge in [0, 0.05) is 10.9 Å². The molecule has 0 aliphatic heterocycles. The van der Waals surface area contributed by atoms with Gasteiger partial charge in [-0.15, -0.1) is 11.3 Å². The third kappa shape index (κ3) is 3.62. The molecule has 1 heterocycles. The van der Waals surface area contributed by atoms with Crippen molar-refractivity contribution in [1.82, 2.24) is 0 Å². The molecule has 1 aromatic heterocycles. The van der Waals surface area contributed by atoms with Crippen LogP contribution in [0, 0.1) is 13.8 Å². The number of methoxy groups -OCH3 is 1. The lowest BCUT2D eigenvalue weighted by molar-refractivity contribution is 0.411. The first-order valence-electron chi connectivity index (χ1n) is 7.05. The van der Waals surface area contributed by atoms with Gasteiger partial charge in [-0.05, 0) is 67.3 Å². The third-order valence-electron chi connectivity index (χ3n) is 3.70. The summed E-state index contributed by atoms with van der Waals surface area (Å²) in [4.78, 5) is 1.44. The van der Waals surface area contributed by atoms with Crippen LogP contribution >= 0.6 is 11.3 Å². The Bertz CT molecular complexity index is 548. The van der Waals surface area contributed by atoms with Crippen LogP contribution < -0.4 is 10.5 Å². The molecule has 0 spiro atoms. The Kier molecular flexibility index (Phi) is 5.21. The Morgan fingerprint density at radius 3 is 2.70 bits per heavy atom. The van der Waals surface area contributed by atoms with Crippen molar-refractivity contribution in [3.05, 3.63) is 51.2 Å². The van der Waals surface area contributed by atoms with Crippen molar-refractivity contribution in [3.8, 4) is 5.75 Å². The summed E-state index contributed by atoms with van der Waals surface area (Å²) in [5.74, 6) is 0.942. The third-order valence-corrected chi connectivity index (χ3v) is 4.64. The fourth-order valence-corrected chi connectivity index (χ4v) is 3.29. The molecular weight excluding hydrogens is 266 g/mol. The Morgan fingerprint density at radius 2 is 2.05 bits per heavy atom. The van der Waals surface area contributed by atoms with Gasteiger partial charge in [0.25, 0.3) is 0 Å². The van der Waals surface area contributed by atoms with E-state index in [0.717, 1.165) is 30.6 Å². The molecular formula is C17H23NOS. The first-order valence-corrected chi connectivity index (χ1v) is 7.93. The fraction of sp³-hybridized carbons (Fsp3) is 0.412. The molecule has 0 aliphatic rings. The molecule has 0 saturated heterocycles. The maximum atomic E-state index is 6.36. The lowest BCUT2D eigenvalue weighted by Gasteiger charge is -2.17. The monoisotopic (exact) mass is 289 g/mol. The van der Waals surface area contributed by atoms with Crippen molar-refractivity contribution in [1.29, 1.82) is 0 Å². The second kappa shape index (κ2) is 6.91. The predicted octanol–water partition coefficient (Wildman–Crippen LogP) is 4.40. The molecule has 2 N–H and O–H groups in total. The number of thiophene rings is 1. The van der Waals surface area contributed by atoms with E-state index in [2.05, 4.69) is 43.5 Å². The molecule has 1 atom stereocenters. The highest BCUT2D eigenvalue weighted by atomic mass is 32.1. The van der Waals surface area contributed by atoms with Crippen molar-refractivity contribution >= 4 is 11.3 Å². The molecule has 0 amide bonds. The Morgan fingerprint density at radius 1 is 1.25 bits per heavy atom. The minimum Gasteiger partial charge on any atom is -0.496 e. The summed E-state index contributed by atoms with van der Waals surface area (Å²) in [6.45, 7) is 4.18. The van der Waals surface area contributed by atoms with Crippen LogP contribution in [-0.2, 0) is 6.42 Å². The van der Waals surface area contributed by atoms with Gasteiger partial charge in [-0.25, -0.2) is 0 Å². The van der Waals surface area contributed by atoms with Gasteiger partial charge in [0.15, 0.2) is 0 Å². The van der Waals surface area contributed by atoms with Crippen molar-refractivity contribution in [2.45, 2.75) is 39.2 Å². The van der Waals surface area contributed by atoms with Gasteiger partial charge < -0.3 is 10.5 Å². The van der Waals surface area contributed by atoms with Crippen LogP contribution in [-0.4, -0.2) is 7.11 Å². The quantitative estimate of drug-likeness (QED) is 0.855. The molecule has 108 valence electrons. The molecule has 1 aromatic carbocycles. The van der Waals surface area contributed by atoms with E-state index >= 15 is 0 Å². The van der Waals surface area contributed by atoms with Crippen LogP contribution in [0.1, 0.15) is 40.5 Å². The summed E-state index contributed by atoms with van der Waals surface area (Å²) in [5.41, 5.74) is 9.98. The van der Waals surface area contributed by atoms with Crippen LogP contribution in [0.4, 0.5) is 0 Å². The normalized spacial score (nSPS) is 12.4. The minimum atomic E-state index is 0.111. The maximum absolute atomic E-state index is 6.36. The van der Waals surface area contributed by atoms with Gasteiger partial charge in [-0.3, -0.25) is 0 Å². The predicted molar refractivity (Wildman–Crippen MR) is 86.7 cm³/mol. The number of rotatable bonds is 6. The van der Waals surface area contributed by atoms with E-state index in [0.29, 0.717) is 0 Å². The Balaban J connectivity index is 1.98. The van der Waals surface area contributed by atoms with E-state index in [4.69, 9.17) is 10.5 Å². The van der Waals surface area contributed by atoms with Gasteiger partial charge in [-0.2, -0.15) is 0 Å². The van der Waals surface area contributed by atoms with E-state index < -0.39 is 0 Å². The zero-order valence-electron chi connectivity index (χ0n) is 12.5. The highest BCUT2D eigenvalue weighted by molar-refractivity contribution is 7.09. The van der Waals surface area contributed by atoms with E-state index in [1.54, 1.807) is 7.11 Å². The number of aryl methyl sites for hydroxylation is 3. The fourth-order valence-electron chi connectivity index (χ4n) is 2.54. The number of hydrogen-bond acceptors (Lipinski definition) is 3. The SMILES string of the molecule is COc1cc(C)c(C(N)CCCc2cccs2)cc1C. The standard InChI is InChI=1S/C17H23NOS/c1-12-11-17(19-3)13(2)10-15(12)16(18)8-4-6-14-7-5-9-20-14/h5,7,9-11,16H,4,6,8,18H2,1-3H3. The maximum Gasteiger partial charge on any atom is 0.122 e. The van der Waals surface area contributed by atoms with Crippen molar-refractivity contribution in [2.24, 2.45) is 5.73 Å². The second-order valence-electron chi connectivity index (χ2n) is 5.26. The highest BCUT2D eigenvalue weighted by Crippen LogP contribution is 2.28. The van der Waals surface area contributed by atoms with Crippen molar-refractivity contribution < 1.29 is 4.74 Å². The molecule has 0 fully saturated rings. The zero-order valence-corrected chi connectivity index (χ0v) is 13.3. The first kappa shape index (κ1) is 15.1. The summed E-state index contributed by atoms with van der Waals surface area (Å²) in [6.07, 6.45) is 3.27. The molecule has 0 aliphatic carbocycles. The minimum absolute atomic E-state index is 0.111. The molecule has 20 heavy (non-hydrogen) atoms. The molecule has 2 aromatic rings. The molecule has 2 nitrogen and oxygen atoms in total. The van der Waals surface area contributed by atoms with E-state index in [-0.39, 0.29) is 6.04 Å². The van der Waals surface area contributed by atoms with Gasteiger partial charge in [0.1, 0.15) is 5.75 Å². The number of nitrogens with two attached hydrogens (primary N) is 1. The molecule has 0 radical (unpaired) electrons. The summed E-state index contributed by atoms with van der Waals surface area (Å²) >= 11 is 1.82. The summed E-state index contributed by atoms with van der Waals surface area (Å²) < 4.78 is 5.35. The number of hydrogen-bond donors (Lipinski definition) is 1. The lowest BCUT2D eigenvalue weighted by Crippen LogP contribution is -2.12.